The van der Waals surface area contributed by atoms with Gasteiger partial charge in [-0.3, -0.25) is 0 Å². The molecule has 0 radical (unpaired) electrons. The van der Waals surface area contributed by atoms with E-state index in [1.807, 2.05) is 0 Å². The van der Waals surface area contributed by atoms with Gasteiger partial charge < -0.3 is 11.1 Å². The van der Waals surface area contributed by atoms with Crippen LogP contribution in [0.2, 0.25) is 0 Å². The summed E-state index contributed by atoms with van der Waals surface area (Å²) in [5.74, 6) is 0. The van der Waals surface area contributed by atoms with Crippen molar-refractivity contribution in [2.75, 3.05) is 19.6 Å². The van der Waals surface area contributed by atoms with Gasteiger partial charge in [0, 0.05) is 0 Å². The topological polar surface area (TPSA) is 38.0 Å². The molecule has 0 aromatic carbocycles. The van der Waals surface area contributed by atoms with Gasteiger partial charge in [0.05, 0.1) is 0 Å². The Bertz CT molecular complexity index is 141. The van der Waals surface area contributed by atoms with Crippen molar-refractivity contribution >= 4 is 0 Å². The summed E-state index contributed by atoms with van der Waals surface area (Å²) >= 11 is 0. The van der Waals surface area contributed by atoms with Gasteiger partial charge in [-0.1, -0.05) is 84.0 Å². The van der Waals surface area contributed by atoms with E-state index in [1.165, 1.54) is 90.0 Å². The molecule has 1 saturated carbocycles. The largest absolute Gasteiger partial charge is 0.330 e. The van der Waals surface area contributed by atoms with Gasteiger partial charge in [-0.15, -0.1) is 0 Å². The fraction of sp³-hybridized carbons (Fsp3) is 1.00. The predicted molar refractivity (Wildman–Crippen MR) is 92.2 cm³/mol. The van der Waals surface area contributed by atoms with E-state index in [1.54, 1.807) is 0 Å². The summed E-state index contributed by atoms with van der Waals surface area (Å²) in [6.45, 7) is 5.36. The molecule has 2 heteroatoms. The van der Waals surface area contributed by atoms with E-state index in [-0.39, 0.29) is 0 Å². The Balaban J connectivity index is 0.00000105. The van der Waals surface area contributed by atoms with Crippen LogP contribution in [0, 0.1) is 0 Å². The molecule has 0 atom stereocenters. The molecule has 0 bridgehead atoms. The Labute approximate surface area is 128 Å². The van der Waals surface area contributed by atoms with Crippen LogP contribution in [0.3, 0.4) is 0 Å². The third kappa shape index (κ3) is 23.0. The van der Waals surface area contributed by atoms with Crippen LogP contribution in [0.1, 0.15) is 96.8 Å². The predicted octanol–water partition coefficient (Wildman–Crippen LogP) is 5.02. The molecule has 122 valence electrons. The minimum absolute atomic E-state index is 0.811. The average Bonchev–Trinajstić information content (AvgIpc) is 3.32. The van der Waals surface area contributed by atoms with Crippen LogP contribution in [-0.4, -0.2) is 19.6 Å². The highest BCUT2D eigenvalue weighted by atomic mass is 14.8. The summed E-state index contributed by atoms with van der Waals surface area (Å²) in [4.78, 5) is 0. The van der Waals surface area contributed by atoms with Crippen LogP contribution in [-0.2, 0) is 0 Å². The lowest BCUT2D eigenvalue weighted by atomic mass is 10.1. The van der Waals surface area contributed by atoms with E-state index in [0.717, 1.165) is 19.5 Å². The second-order valence-electron chi connectivity index (χ2n) is 6.13. The standard InChI is InChI=1S/C15H34N2.C3H6/c1-2-3-4-5-6-7-8-9-10-11-14-17-15-12-13-16;1-2-3-1/h17H,2-16H2,1H3;1-3H2. The Hall–Kier alpha value is -0.0800. The van der Waals surface area contributed by atoms with E-state index < -0.39 is 0 Å². The Morgan fingerprint density at radius 1 is 0.650 bits per heavy atom. The van der Waals surface area contributed by atoms with Gasteiger partial charge in [0.25, 0.3) is 0 Å². The molecule has 0 saturated heterocycles. The zero-order valence-corrected chi connectivity index (χ0v) is 14.1. The number of hydrogen-bond acceptors (Lipinski definition) is 2. The van der Waals surface area contributed by atoms with E-state index in [0.29, 0.717) is 0 Å². The number of nitrogens with one attached hydrogen (secondary N) is 1. The molecular formula is C18H40N2. The first-order valence-corrected chi connectivity index (χ1v) is 9.32. The highest BCUT2D eigenvalue weighted by Crippen LogP contribution is 2.14. The summed E-state index contributed by atoms with van der Waals surface area (Å²) in [6, 6.07) is 0. The molecular weight excluding hydrogens is 244 g/mol. The summed E-state index contributed by atoms with van der Waals surface area (Å²) in [7, 11) is 0. The maximum atomic E-state index is 5.43. The normalized spacial score (nSPS) is 12.9. The van der Waals surface area contributed by atoms with Crippen molar-refractivity contribution in [1.29, 1.82) is 0 Å². The molecule has 1 aliphatic rings. The van der Waals surface area contributed by atoms with Crippen molar-refractivity contribution in [1.82, 2.24) is 5.32 Å². The molecule has 1 aliphatic carbocycles. The molecule has 0 aromatic rings. The van der Waals surface area contributed by atoms with Crippen molar-refractivity contribution < 1.29 is 0 Å². The highest BCUT2D eigenvalue weighted by Gasteiger charge is 1.95. The number of rotatable bonds is 14. The molecule has 0 amide bonds. The Morgan fingerprint density at radius 2 is 1.10 bits per heavy atom. The van der Waals surface area contributed by atoms with Gasteiger partial charge in [-0.25, -0.2) is 0 Å². The second-order valence-corrected chi connectivity index (χ2v) is 6.13. The molecule has 1 rings (SSSR count). The van der Waals surface area contributed by atoms with Crippen molar-refractivity contribution in [3.8, 4) is 0 Å². The van der Waals surface area contributed by atoms with Crippen molar-refractivity contribution in [3.05, 3.63) is 0 Å². The average molecular weight is 285 g/mol. The lowest BCUT2D eigenvalue weighted by molar-refractivity contribution is 0.541. The molecule has 0 aliphatic heterocycles. The molecule has 0 aromatic heterocycles. The summed E-state index contributed by atoms with van der Waals surface area (Å²) in [5.41, 5.74) is 5.43. The molecule has 0 heterocycles. The maximum absolute atomic E-state index is 5.43. The van der Waals surface area contributed by atoms with Gasteiger partial charge in [0.1, 0.15) is 0 Å². The first-order chi connectivity index (χ1) is 9.91. The van der Waals surface area contributed by atoms with Gasteiger partial charge in [0.15, 0.2) is 0 Å². The second kappa shape index (κ2) is 18.9. The quantitative estimate of drug-likeness (QED) is 0.440. The van der Waals surface area contributed by atoms with Gasteiger partial charge in [-0.05, 0) is 32.5 Å². The third-order valence-corrected chi connectivity index (χ3v) is 3.62. The van der Waals surface area contributed by atoms with Crippen molar-refractivity contribution in [2.24, 2.45) is 5.73 Å². The lowest BCUT2D eigenvalue weighted by Crippen LogP contribution is -2.19. The summed E-state index contributed by atoms with van der Waals surface area (Å²) in [5, 5.41) is 3.43. The van der Waals surface area contributed by atoms with E-state index >= 15 is 0 Å². The van der Waals surface area contributed by atoms with Crippen LogP contribution in [0.4, 0.5) is 0 Å². The minimum Gasteiger partial charge on any atom is -0.330 e. The summed E-state index contributed by atoms with van der Waals surface area (Å²) < 4.78 is 0. The SMILES string of the molecule is C1CC1.CCCCCCCCCCCCNCCCN. The monoisotopic (exact) mass is 284 g/mol. The maximum Gasteiger partial charge on any atom is -0.00369 e. The van der Waals surface area contributed by atoms with E-state index in [9.17, 15) is 0 Å². The van der Waals surface area contributed by atoms with Crippen LogP contribution < -0.4 is 11.1 Å². The number of nitrogens with two attached hydrogens (primary N) is 1. The van der Waals surface area contributed by atoms with E-state index in [2.05, 4.69) is 12.2 Å². The van der Waals surface area contributed by atoms with Crippen LogP contribution in [0.5, 0.6) is 0 Å². The fourth-order valence-corrected chi connectivity index (χ4v) is 2.09. The smallest absolute Gasteiger partial charge is 0.00369 e. The first kappa shape index (κ1) is 19.9. The molecule has 0 unspecified atom stereocenters. The van der Waals surface area contributed by atoms with Gasteiger partial charge in [0.2, 0.25) is 0 Å². The first-order valence-electron chi connectivity index (χ1n) is 9.32. The van der Waals surface area contributed by atoms with Crippen LogP contribution in [0.25, 0.3) is 0 Å². The summed E-state index contributed by atoms with van der Waals surface area (Å²) in [6.07, 6.45) is 19.8. The fourth-order valence-electron chi connectivity index (χ4n) is 2.09. The Morgan fingerprint density at radius 3 is 1.55 bits per heavy atom. The number of unbranched alkanes of at least 4 members (excludes halogenated alkanes) is 9. The molecule has 3 N–H and O–H groups in total. The molecule has 0 spiro atoms. The molecule has 1 fully saturated rings. The van der Waals surface area contributed by atoms with Crippen molar-refractivity contribution in [2.45, 2.75) is 96.8 Å². The van der Waals surface area contributed by atoms with Crippen LogP contribution >= 0.6 is 0 Å². The Kier molecular flexibility index (Phi) is 18.8. The zero-order chi connectivity index (χ0) is 14.7. The third-order valence-electron chi connectivity index (χ3n) is 3.62. The lowest BCUT2D eigenvalue weighted by Gasteiger charge is -2.04. The van der Waals surface area contributed by atoms with Crippen molar-refractivity contribution in [3.63, 3.8) is 0 Å². The number of hydrogen-bond donors (Lipinski definition) is 2. The molecule has 2 nitrogen and oxygen atoms in total. The minimum atomic E-state index is 0.811. The molecule has 20 heavy (non-hydrogen) atoms. The highest BCUT2D eigenvalue weighted by molar-refractivity contribution is 4.51. The van der Waals surface area contributed by atoms with Gasteiger partial charge >= 0.3 is 0 Å². The van der Waals surface area contributed by atoms with Gasteiger partial charge in [-0.2, -0.15) is 0 Å². The van der Waals surface area contributed by atoms with E-state index in [4.69, 9.17) is 5.73 Å². The zero-order valence-electron chi connectivity index (χ0n) is 14.1. The van der Waals surface area contributed by atoms with Crippen LogP contribution in [0.15, 0.2) is 0 Å².